The van der Waals surface area contributed by atoms with Crippen LogP contribution in [0.15, 0.2) is 72.8 Å². The Kier molecular flexibility index (Phi) is 7.45. The predicted molar refractivity (Wildman–Crippen MR) is 162 cm³/mol. The highest BCUT2D eigenvalue weighted by Gasteiger charge is 2.32. The zero-order valence-electron chi connectivity index (χ0n) is 22.9. The molecule has 204 valence electrons. The SMILES string of the molecule is Cc1ccc(-c2c(C)c3c(c(C)c2CC(=O)O)N(S(C)=O)Cc2cc(NC(=O)Nc4ccccc4)ccc2-3)cc1. The van der Waals surface area contributed by atoms with Crippen molar-refractivity contribution in [3.05, 3.63) is 101 Å². The fourth-order valence-corrected chi connectivity index (χ4v) is 6.29. The minimum Gasteiger partial charge on any atom is -0.481 e. The van der Waals surface area contributed by atoms with E-state index in [1.807, 2.05) is 97.9 Å². The molecule has 5 rings (SSSR count). The van der Waals surface area contributed by atoms with E-state index in [0.29, 0.717) is 17.9 Å². The third-order valence-electron chi connectivity index (χ3n) is 7.30. The number of carboxylic acids is 1. The molecule has 40 heavy (non-hydrogen) atoms. The molecule has 1 unspecified atom stereocenters. The van der Waals surface area contributed by atoms with Crippen LogP contribution in [0.25, 0.3) is 22.3 Å². The van der Waals surface area contributed by atoms with Crippen LogP contribution in [0, 0.1) is 20.8 Å². The van der Waals surface area contributed by atoms with Crippen molar-refractivity contribution in [1.82, 2.24) is 0 Å². The number of anilines is 3. The molecular weight excluding hydrogens is 522 g/mol. The lowest BCUT2D eigenvalue weighted by Crippen LogP contribution is -2.30. The number of nitrogens with one attached hydrogen (secondary N) is 2. The lowest BCUT2D eigenvalue weighted by molar-refractivity contribution is -0.136. The van der Waals surface area contributed by atoms with Crippen LogP contribution < -0.4 is 14.9 Å². The van der Waals surface area contributed by atoms with E-state index in [2.05, 4.69) is 10.6 Å². The van der Waals surface area contributed by atoms with Gasteiger partial charge in [0.15, 0.2) is 0 Å². The molecule has 0 spiro atoms. The number of nitrogens with zero attached hydrogens (tertiary/aromatic N) is 1. The number of carbonyl (C=O) groups excluding carboxylic acids is 1. The first-order chi connectivity index (χ1) is 19.1. The molecule has 3 N–H and O–H groups in total. The molecule has 0 aromatic heterocycles. The minimum atomic E-state index is -1.37. The highest BCUT2D eigenvalue weighted by molar-refractivity contribution is 7.85. The smallest absolute Gasteiger partial charge is 0.323 e. The first-order valence-corrected chi connectivity index (χ1v) is 14.5. The molecule has 0 radical (unpaired) electrons. The van der Waals surface area contributed by atoms with Crippen molar-refractivity contribution < 1.29 is 18.9 Å². The summed E-state index contributed by atoms with van der Waals surface area (Å²) in [6.07, 6.45) is 1.49. The van der Waals surface area contributed by atoms with Crippen LogP contribution >= 0.6 is 0 Å². The number of rotatable bonds is 6. The summed E-state index contributed by atoms with van der Waals surface area (Å²) in [7, 11) is -1.37. The molecule has 0 saturated carbocycles. The van der Waals surface area contributed by atoms with Crippen LogP contribution in [0.2, 0.25) is 0 Å². The molecule has 8 heteroatoms. The summed E-state index contributed by atoms with van der Waals surface area (Å²) in [5.41, 5.74) is 10.3. The first kappa shape index (κ1) is 27.1. The van der Waals surface area contributed by atoms with E-state index >= 15 is 0 Å². The minimum absolute atomic E-state index is 0.139. The molecule has 0 bridgehead atoms. The van der Waals surface area contributed by atoms with Gasteiger partial charge in [0.1, 0.15) is 11.0 Å². The molecule has 4 aromatic rings. The van der Waals surface area contributed by atoms with Crippen LogP contribution in [-0.4, -0.2) is 27.6 Å². The second-order valence-corrected chi connectivity index (χ2v) is 11.3. The van der Waals surface area contributed by atoms with Gasteiger partial charge in [0, 0.05) is 23.2 Å². The summed E-state index contributed by atoms with van der Waals surface area (Å²) < 4.78 is 14.9. The van der Waals surface area contributed by atoms with Gasteiger partial charge in [-0.2, -0.15) is 0 Å². The Morgan fingerprint density at radius 1 is 0.875 bits per heavy atom. The van der Waals surface area contributed by atoms with Gasteiger partial charge in [-0.3, -0.25) is 9.10 Å². The molecule has 0 saturated heterocycles. The second-order valence-electron chi connectivity index (χ2n) is 10.0. The van der Waals surface area contributed by atoms with Gasteiger partial charge in [-0.25, -0.2) is 9.00 Å². The van der Waals surface area contributed by atoms with E-state index in [1.54, 1.807) is 6.26 Å². The molecule has 1 heterocycles. The Morgan fingerprint density at radius 3 is 2.20 bits per heavy atom. The lowest BCUT2D eigenvalue weighted by Gasteiger charge is -2.35. The number of benzene rings is 4. The van der Waals surface area contributed by atoms with Crippen LogP contribution in [-0.2, 0) is 28.7 Å². The lowest BCUT2D eigenvalue weighted by atomic mass is 9.81. The third kappa shape index (κ3) is 5.22. The van der Waals surface area contributed by atoms with Gasteiger partial charge in [-0.1, -0.05) is 54.1 Å². The van der Waals surface area contributed by atoms with Crippen LogP contribution in [0.3, 0.4) is 0 Å². The number of hydrogen-bond acceptors (Lipinski definition) is 3. The van der Waals surface area contributed by atoms with E-state index < -0.39 is 17.0 Å². The zero-order chi connectivity index (χ0) is 28.6. The summed E-state index contributed by atoms with van der Waals surface area (Å²) in [5, 5.41) is 15.5. The number of fused-ring (bicyclic) bond motifs is 3. The van der Waals surface area contributed by atoms with Gasteiger partial charge in [0.05, 0.1) is 18.7 Å². The number of urea groups is 1. The molecule has 1 atom stereocenters. The summed E-state index contributed by atoms with van der Waals surface area (Å²) in [4.78, 5) is 24.6. The highest BCUT2D eigenvalue weighted by Crippen LogP contribution is 2.49. The predicted octanol–water partition coefficient (Wildman–Crippen LogP) is 6.83. The number of carbonyl (C=O) groups is 2. The first-order valence-electron chi connectivity index (χ1n) is 13.0. The van der Waals surface area contributed by atoms with Gasteiger partial charge < -0.3 is 15.7 Å². The Balaban J connectivity index is 1.65. The topological polar surface area (TPSA) is 98.7 Å². The fraction of sp³-hybridized carbons (Fsp3) is 0.188. The Hall–Kier alpha value is -4.43. The van der Waals surface area contributed by atoms with E-state index in [9.17, 15) is 18.9 Å². The van der Waals surface area contributed by atoms with Crippen LogP contribution in [0.1, 0.15) is 27.8 Å². The van der Waals surface area contributed by atoms with Crippen molar-refractivity contribution >= 4 is 40.0 Å². The molecule has 4 aromatic carbocycles. The molecule has 2 amide bonds. The second kappa shape index (κ2) is 11.0. The van der Waals surface area contributed by atoms with Crippen molar-refractivity contribution in [1.29, 1.82) is 0 Å². The number of para-hydroxylation sites is 1. The average Bonchev–Trinajstić information content (AvgIpc) is 2.91. The maximum Gasteiger partial charge on any atom is 0.323 e. The fourth-order valence-electron chi connectivity index (χ4n) is 5.49. The van der Waals surface area contributed by atoms with Crippen LogP contribution in [0.4, 0.5) is 21.9 Å². The molecule has 0 aliphatic carbocycles. The monoisotopic (exact) mass is 553 g/mol. The molecule has 1 aliphatic rings. The third-order valence-corrected chi connectivity index (χ3v) is 8.23. The maximum absolute atomic E-state index is 13.1. The van der Waals surface area contributed by atoms with Gasteiger partial charge in [0.25, 0.3) is 0 Å². The van der Waals surface area contributed by atoms with Crippen molar-refractivity contribution in [3.8, 4) is 22.3 Å². The average molecular weight is 554 g/mol. The summed E-state index contributed by atoms with van der Waals surface area (Å²) in [5.74, 6) is -0.916. The number of hydrogen-bond donors (Lipinski definition) is 3. The van der Waals surface area contributed by atoms with Crippen molar-refractivity contribution in [2.45, 2.75) is 33.7 Å². The number of aryl methyl sites for hydroxylation is 1. The van der Waals surface area contributed by atoms with Crippen molar-refractivity contribution in [2.75, 3.05) is 21.2 Å². The quantitative estimate of drug-likeness (QED) is 0.244. The largest absolute Gasteiger partial charge is 0.481 e. The zero-order valence-corrected chi connectivity index (χ0v) is 23.7. The summed E-state index contributed by atoms with van der Waals surface area (Å²) in [6.45, 7) is 6.30. The van der Waals surface area contributed by atoms with Gasteiger partial charge >= 0.3 is 12.0 Å². The Bertz CT molecular complexity index is 1650. The van der Waals surface area contributed by atoms with E-state index in [1.165, 1.54) is 0 Å². The van der Waals surface area contributed by atoms with Crippen LogP contribution in [0.5, 0.6) is 0 Å². The highest BCUT2D eigenvalue weighted by atomic mass is 32.2. The number of carboxylic acid groups (broad SMARTS) is 1. The van der Waals surface area contributed by atoms with Gasteiger partial charge in [-0.05, 0) is 84.0 Å². The maximum atomic E-state index is 13.1. The Labute approximate surface area is 236 Å². The molecular formula is C32H31N3O4S. The van der Waals surface area contributed by atoms with E-state index in [-0.39, 0.29) is 12.5 Å². The van der Waals surface area contributed by atoms with Crippen molar-refractivity contribution in [2.24, 2.45) is 0 Å². The normalized spacial score (nSPS) is 12.8. The molecule has 0 fully saturated rings. The molecule has 7 nitrogen and oxygen atoms in total. The summed E-state index contributed by atoms with van der Waals surface area (Å²) in [6, 6.07) is 22.7. The van der Waals surface area contributed by atoms with E-state index in [0.717, 1.165) is 55.8 Å². The standard InChI is InChI=1S/C32H31N3O4S/c1-19-10-12-22(13-11-19)29-21(3)30-26-15-14-25(34-32(38)33-24-8-6-5-7-9-24)16-23(26)18-35(40(4)39)31(30)20(2)27(29)17-28(36)37/h5-16H,17-18H2,1-4H3,(H,36,37)(H2,33,34,38). The number of amides is 2. The number of aliphatic carboxylic acids is 1. The van der Waals surface area contributed by atoms with Gasteiger partial charge in [-0.15, -0.1) is 0 Å². The molecule has 1 aliphatic heterocycles. The van der Waals surface area contributed by atoms with E-state index in [4.69, 9.17) is 0 Å². The Morgan fingerprint density at radius 2 is 1.55 bits per heavy atom. The van der Waals surface area contributed by atoms with Crippen molar-refractivity contribution in [3.63, 3.8) is 0 Å². The summed E-state index contributed by atoms with van der Waals surface area (Å²) >= 11 is 0. The van der Waals surface area contributed by atoms with Gasteiger partial charge in [0.2, 0.25) is 0 Å².